The van der Waals surface area contributed by atoms with Crippen molar-refractivity contribution in [3.8, 4) is 10.6 Å². The fourth-order valence-electron chi connectivity index (χ4n) is 2.91. The lowest BCUT2D eigenvalue weighted by Crippen LogP contribution is -2.28. The van der Waals surface area contributed by atoms with Gasteiger partial charge >= 0.3 is 0 Å². The summed E-state index contributed by atoms with van der Waals surface area (Å²) in [5, 5.41) is 21.3. The van der Waals surface area contributed by atoms with Crippen LogP contribution in [0.2, 0.25) is 0 Å². The van der Waals surface area contributed by atoms with Crippen molar-refractivity contribution in [2.24, 2.45) is 0 Å². The van der Waals surface area contributed by atoms with Crippen molar-refractivity contribution in [2.45, 2.75) is 31.4 Å². The summed E-state index contributed by atoms with van der Waals surface area (Å²) in [6.45, 7) is 0. The van der Waals surface area contributed by atoms with Crippen LogP contribution in [-0.2, 0) is 0 Å². The third kappa shape index (κ3) is 2.32. The maximum absolute atomic E-state index is 9.97. The molecule has 1 aliphatic carbocycles. The van der Waals surface area contributed by atoms with E-state index < -0.39 is 0 Å². The fraction of sp³-hybridized carbons (Fsp3) is 0.333. The van der Waals surface area contributed by atoms with Crippen LogP contribution in [0.1, 0.15) is 19.3 Å². The van der Waals surface area contributed by atoms with Crippen LogP contribution in [0.3, 0.4) is 0 Å². The molecule has 0 bridgehead atoms. The van der Waals surface area contributed by atoms with Crippen molar-refractivity contribution >= 4 is 33.1 Å². The minimum absolute atomic E-state index is 0.0734. The van der Waals surface area contributed by atoms with Crippen molar-refractivity contribution < 1.29 is 5.11 Å². The van der Waals surface area contributed by atoms with E-state index in [1.54, 1.807) is 17.5 Å². The molecule has 4 rings (SSSR count). The number of aliphatic hydroxyl groups is 1. The molecular formula is C15H17N5OS. The molecule has 1 saturated carbocycles. The predicted molar refractivity (Wildman–Crippen MR) is 88.9 cm³/mol. The molecule has 0 unspecified atom stereocenters. The van der Waals surface area contributed by atoms with Crippen LogP contribution in [0.4, 0.5) is 11.5 Å². The average molecular weight is 315 g/mol. The Hall–Kier alpha value is -2.12. The molecule has 22 heavy (non-hydrogen) atoms. The van der Waals surface area contributed by atoms with Crippen molar-refractivity contribution in [1.82, 2.24) is 15.2 Å². The van der Waals surface area contributed by atoms with E-state index in [-0.39, 0.29) is 12.1 Å². The van der Waals surface area contributed by atoms with Crippen molar-refractivity contribution in [3.05, 3.63) is 24.4 Å². The Balaban J connectivity index is 1.68. The number of nitrogen functional groups attached to an aromatic ring is 1. The average Bonchev–Trinajstić information content (AvgIpc) is 3.19. The first kappa shape index (κ1) is 13.5. The van der Waals surface area contributed by atoms with Gasteiger partial charge in [-0.2, -0.15) is 5.10 Å². The smallest absolute Gasteiger partial charge is 0.132 e. The molecule has 0 amide bonds. The fourth-order valence-corrected chi connectivity index (χ4v) is 3.94. The molecule has 0 aliphatic heterocycles. The number of aromatic nitrogens is 3. The number of hydrogen-bond acceptors (Lipinski definition) is 6. The van der Waals surface area contributed by atoms with E-state index in [2.05, 4.69) is 20.5 Å². The lowest BCUT2D eigenvalue weighted by atomic mass is 10.2. The number of aromatic amines is 1. The van der Waals surface area contributed by atoms with Gasteiger partial charge in [-0.3, -0.25) is 5.10 Å². The van der Waals surface area contributed by atoms with Gasteiger partial charge < -0.3 is 16.2 Å². The van der Waals surface area contributed by atoms with E-state index in [0.717, 1.165) is 51.6 Å². The number of aliphatic hydroxyl groups excluding tert-OH is 1. The Morgan fingerprint density at radius 2 is 2.27 bits per heavy atom. The molecule has 0 radical (unpaired) electrons. The van der Waals surface area contributed by atoms with Crippen molar-refractivity contribution in [1.29, 1.82) is 0 Å². The Labute approximate surface area is 131 Å². The summed E-state index contributed by atoms with van der Waals surface area (Å²) in [7, 11) is 0. The molecule has 0 spiro atoms. The van der Waals surface area contributed by atoms with Gasteiger partial charge in [-0.1, -0.05) is 0 Å². The molecule has 1 aromatic carbocycles. The van der Waals surface area contributed by atoms with E-state index >= 15 is 0 Å². The number of benzene rings is 1. The van der Waals surface area contributed by atoms with Gasteiger partial charge in [0.25, 0.3) is 0 Å². The van der Waals surface area contributed by atoms with E-state index in [1.165, 1.54) is 0 Å². The van der Waals surface area contributed by atoms with Crippen LogP contribution in [0.25, 0.3) is 20.8 Å². The zero-order chi connectivity index (χ0) is 15.1. The standard InChI is InChI=1S/C15H17N5OS/c16-8-4-5-11-13(6-8)22-15(19-11)9-7-17-20-14(9)18-10-2-1-3-12(10)21/h4-7,10,12,21H,1-3,16H2,(H2,17,18,20)/t10-,12-/m1/s1. The van der Waals surface area contributed by atoms with Gasteiger partial charge in [0.05, 0.1) is 34.1 Å². The number of hydrogen-bond donors (Lipinski definition) is 4. The second-order valence-corrected chi connectivity index (χ2v) is 6.68. The monoisotopic (exact) mass is 315 g/mol. The number of thiazole rings is 1. The van der Waals surface area contributed by atoms with E-state index in [9.17, 15) is 5.11 Å². The summed E-state index contributed by atoms with van der Waals surface area (Å²) < 4.78 is 1.06. The highest BCUT2D eigenvalue weighted by Crippen LogP contribution is 2.35. The second-order valence-electron chi connectivity index (χ2n) is 5.65. The first-order valence-electron chi connectivity index (χ1n) is 7.35. The number of nitrogens with one attached hydrogen (secondary N) is 2. The quantitative estimate of drug-likeness (QED) is 0.557. The van der Waals surface area contributed by atoms with Crippen molar-refractivity contribution in [2.75, 3.05) is 11.1 Å². The maximum atomic E-state index is 9.97. The van der Waals surface area contributed by atoms with E-state index in [4.69, 9.17) is 5.73 Å². The number of rotatable bonds is 3. The topological polar surface area (TPSA) is 99.9 Å². The summed E-state index contributed by atoms with van der Waals surface area (Å²) in [4.78, 5) is 4.65. The molecule has 6 nitrogen and oxygen atoms in total. The van der Waals surface area contributed by atoms with Gasteiger partial charge in [-0.25, -0.2) is 4.98 Å². The highest BCUT2D eigenvalue weighted by atomic mass is 32.1. The molecule has 1 aliphatic rings. The number of anilines is 2. The molecule has 5 N–H and O–H groups in total. The minimum atomic E-state index is -0.300. The largest absolute Gasteiger partial charge is 0.399 e. The van der Waals surface area contributed by atoms with Crippen molar-refractivity contribution in [3.63, 3.8) is 0 Å². The minimum Gasteiger partial charge on any atom is -0.399 e. The molecule has 2 aromatic heterocycles. The Bertz CT molecular complexity index is 811. The van der Waals surface area contributed by atoms with Crippen LogP contribution in [0, 0.1) is 0 Å². The highest BCUT2D eigenvalue weighted by molar-refractivity contribution is 7.21. The maximum Gasteiger partial charge on any atom is 0.132 e. The summed E-state index contributed by atoms with van der Waals surface area (Å²) >= 11 is 1.59. The number of fused-ring (bicyclic) bond motifs is 1. The SMILES string of the molecule is Nc1ccc2nc(-c3cn[nH]c3N[C@@H]3CCC[C@H]3O)sc2c1. The predicted octanol–water partition coefficient (Wildman–Crippen LogP) is 2.59. The third-order valence-corrected chi connectivity index (χ3v) is 5.14. The first-order valence-corrected chi connectivity index (χ1v) is 8.17. The molecule has 1 fully saturated rings. The van der Waals surface area contributed by atoms with Crippen LogP contribution in [-0.4, -0.2) is 32.4 Å². The summed E-state index contributed by atoms with van der Waals surface area (Å²) in [6.07, 6.45) is 4.33. The number of nitrogens with two attached hydrogens (primary N) is 1. The molecule has 114 valence electrons. The molecule has 3 aromatic rings. The number of nitrogens with zero attached hydrogens (tertiary/aromatic N) is 2. The summed E-state index contributed by atoms with van der Waals surface area (Å²) in [5.74, 6) is 0.818. The van der Waals surface area contributed by atoms with E-state index in [0.29, 0.717) is 0 Å². The summed E-state index contributed by atoms with van der Waals surface area (Å²) in [6, 6.07) is 5.79. The first-order chi connectivity index (χ1) is 10.7. The van der Waals surface area contributed by atoms with Gasteiger partial charge in [-0.15, -0.1) is 11.3 Å². The third-order valence-electron chi connectivity index (χ3n) is 4.09. The molecule has 0 saturated heterocycles. The molecule has 2 atom stereocenters. The van der Waals surface area contributed by atoms with Gasteiger partial charge in [0, 0.05) is 5.69 Å². The number of H-pyrrole nitrogens is 1. The van der Waals surface area contributed by atoms with Crippen LogP contribution in [0.15, 0.2) is 24.4 Å². The van der Waals surface area contributed by atoms with Crippen LogP contribution < -0.4 is 11.1 Å². The molecule has 7 heteroatoms. The zero-order valence-corrected chi connectivity index (χ0v) is 12.7. The Kier molecular flexibility index (Phi) is 3.24. The van der Waals surface area contributed by atoms with E-state index in [1.807, 2.05) is 18.2 Å². The molecular weight excluding hydrogens is 298 g/mol. The van der Waals surface area contributed by atoms with Gasteiger partial charge in [-0.05, 0) is 37.5 Å². The van der Waals surface area contributed by atoms with Gasteiger partial charge in [0.1, 0.15) is 10.8 Å². The second kappa shape index (κ2) is 5.26. The van der Waals surface area contributed by atoms with Crippen LogP contribution >= 0.6 is 11.3 Å². The van der Waals surface area contributed by atoms with Crippen LogP contribution in [0.5, 0.6) is 0 Å². The van der Waals surface area contributed by atoms with Gasteiger partial charge in [0.2, 0.25) is 0 Å². The Morgan fingerprint density at radius 3 is 3.09 bits per heavy atom. The lowest BCUT2D eigenvalue weighted by molar-refractivity contribution is 0.171. The summed E-state index contributed by atoms with van der Waals surface area (Å²) in [5.41, 5.74) is 8.43. The van der Waals surface area contributed by atoms with Gasteiger partial charge in [0.15, 0.2) is 0 Å². The normalized spacial score (nSPS) is 21.5. The molecule has 2 heterocycles. The Morgan fingerprint density at radius 1 is 1.36 bits per heavy atom. The highest BCUT2D eigenvalue weighted by Gasteiger charge is 2.26. The zero-order valence-electron chi connectivity index (χ0n) is 11.9. The lowest BCUT2D eigenvalue weighted by Gasteiger charge is -2.16.